The molecule has 0 fully saturated rings. The van der Waals surface area contributed by atoms with Gasteiger partial charge in [0.15, 0.2) is 0 Å². The standard InChI is InChI=1S/C16H19F3O2/c1-4-6-7-11(5-2)13-9-8-12(15(20)21-3)10-14(13)16(17,18)19/h5,8-10H,4,6-7H2,1-3H3/b11-5+. The second kappa shape index (κ2) is 7.29. The molecular weight excluding hydrogens is 281 g/mol. The second-order valence-electron chi connectivity index (χ2n) is 4.67. The third-order valence-corrected chi connectivity index (χ3v) is 3.24. The van der Waals surface area contributed by atoms with Gasteiger partial charge in [-0.2, -0.15) is 13.2 Å². The van der Waals surface area contributed by atoms with E-state index in [1.807, 2.05) is 6.92 Å². The predicted octanol–water partition coefficient (Wildman–Crippen LogP) is 5.09. The zero-order chi connectivity index (χ0) is 16.0. The maximum absolute atomic E-state index is 13.2. The van der Waals surface area contributed by atoms with Crippen molar-refractivity contribution in [3.05, 3.63) is 41.0 Å². The van der Waals surface area contributed by atoms with Crippen molar-refractivity contribution in [2.45, 2.75) is 39.3 Å². The molecule has 0 heterocycles. The molecule has 0 spiro atoms. The van der Waals surface area contributed by atoms with Crippen LogP contribution < -0.4 is 0 Å². The van der Waals surface area contributed by atoms with Gasteiger partial charge in [-0.1, -0.05) is 25.5 Å². The van der Waals surface area contributed by atoms with Gasteiger partial charge in [-0.15, -0.1) is 0 Å². The molecule has 5 heteroatoms. The maximum atomic E-state index is 13.2. The van der Waals surface area contributed by atoms with Crippen molar-refractivity contribution >= 4 is 11.5 Å². The van der Waals surface area contributed by atoms with E-state index in [0.717, 1.165) is 26.0 Å². The number of benzene rings is 1. The molecule has 1 rings (SSSR count). The molecule has 1 aromatic carbocycles. The van der Waals surface area contributed by atoms with Crippen LogP contribution in [0.3, 0.4) is 0 Å². The van der Waals surface area contributed by atoms with Crippen LogP contribution in [0.2, 0.25) is 0 Å². The van der Waals surface area contributed by atoms with Crippen molar-refractivity contribution in [2.24, 2.45) is 0 Å². The molecule has 1 aromatic rings. The first-order valence-electron chi connectivity index (χ1n) is 6.80. The molecule has 116 valence electrons. The van der Waals surface area contributed by atoms with Crippen molar-refractivity contribution < 1.29 is 22.7 Å². The molecule has 0 radical (unpaired) electrons. The highest BCUT2D eigenvalue weighted by atomic mass is 19.4. The topological polar surface area (TPSA) is 26.3 Å². The number of carbonyl (C=O) groups is 1. The molecule has 21 heavy (non-hydrogen) atoms. The molecule has 0 aromatic heterocycles. The fourth-order valence-electron chi connectivity index (χ4n) is 2.11. The molecule has 0 amide bonds. The van der Waals surface area contributed by atoms with Crippen LogP contribution in [0.5, 0.6) is 0 Å². The zero-order valence-electron chi connectivity index (χ0n) is 12.4. The van der Waals surface area contributed by atoms with Crippen molar-refractivity contribution in [3.63, 3.8) is 0 Å². The van der Waals surface area contributed by atoms with E-state index in [1.165, 1.54) is 12.1 Å². The number of allylic oxidation sites excluding steroid dienone is 2. The van der Waals surface area contributed by atoms with Crippen LogP contribution in [0, 0.1) is 0 Å². The summed E-state index contributed by atoms with van der Waals surface area (Å²) >= 11 is 0. The molecule has 0 atom stereocenters. The summed E-state index contributed by atoms with van der Waals surface area (Å²) < 4.78 is 44.2. The van der Waals surface area contributed by atoms with Gasteiger partial charge < -0.3 is 4.74 Å². The first kappa shape index (κ1) is 17.3. The van der Waals surface area contributed by atoms with Crippen LogP contribution in [0.4, 0.5) is 13.2 Å². The molecule has 0 aliphatic carbocycles. The molecule has 0 aliphatic rings. The Kier molecular flexibility index (Phi) is 6.00. The third kappa shape index (κ3) is 4.34. The quantitative estimate of drug-likeness (QED) is 0.708. The second-order valence-corrected chi connectivity index (χ2v) is 4.67. The van der Waals surface area contributed by atoms with E-state index >= 15 is 0 Å². The Labute approximate surface area is 122 Å². The summed E-state index contributed by atoms with van der Waals surface area (Å²) in [4.78, 5) is 11.4. The normalized spacial score (nSPS) is 12.4. The minimum Gasteiger partial charge on any atom is -0.465 e. The van der Waals surface area contributed by atoms with E-state index < -0.39 is 17.7 Å². The number of alkyl halides is 3. The smallest absolute Gasteiger partial charge is 0.417 e. The zero-order valence-corrected chi connectivity index (χ0v) is 12.4. The number of ether oxygens (including phenoxy) is 1. The van der Waals surface area contributed by atoms with Crippen LogP contribution >= 0.6 is 0 Å². The van der Waals surface area contributed by atoms with E-state index in [0.29, 0.717) is 12.0 Å². The van der Waals surface area contributed by atoms with Gasteiger partial charge in [0, 0.05) is 0 Å². The summed E-state index contributed by atoms with van der Waals surface area (Å²) in [5, 5.41) is 0. The summed E-state index contributed by atoms with van der Waals surface area (Å²) in [6, 6.07) is 3.57. The van der Waals surface area contributed by atoms with Gasteiger partial charge >= 0.3 is 12.1 Å². The first-order valence-corrected chi connectivity index (χ1v) is 6.80. The summed E-state index contributed by atoms with van der Waals surface area (Å²) in [5.41, 5.74) is -0.124. The third-order valence-electron chi connectivity index (χ3n) is 3.24. The Balaban J connectivity index is 3.35. The van der Waals surface area contributed by atoms with Gasteiger partial charge in [0.25, 0.3) is 0 Å². The lowest BCUT2D eigenvalue weighted by Crippen LogP contribution is -2.12. The number of halogens is 3. The number of hydrogen-bond donors (Lipinski definition) is 0. The van der Waals surface area contributed by atoms with Gasteiger partial charge in [0.05, 0.1) is 18.2 Å². The summed E-state index contributed by atoms with van der Waals surface area (Å²) in [7, 11) is 1.14. The highest BCUT2D eigenvalue weighted by molar-refractivity contribution is 5.90. The molecule has 0 saturated heterocycles. The van der Waals surface area contributed by atoms with Gasteiger partial charge in [-0.25, -0.2) is 4.79 Å². The van der Waals surface area contributed by atoms with E-state index in [4.69, 9.17) is 0 Å². The van der Waals surface area contributed by atoms with Crippen LogP contribution in [0.25, 0.3) is 5.57 Å². The average Bonchev–Trinajstić information content (AvgIpc) is 2.46. The van der Waals surface area contributed by atoms with Crippen LogP contribution in [-0.4, -0.2) is 13.1 Å². The summed E-state index contributed by atoms with van der Waals surface area (Å²) in [6.45, 7) is 3.71. The van der Waals surface area contributed by atoms with Crippen LogP contribution in [0.1, 0.15) is 54.6 Å². The minimum absolute atomic E-state index is 0.0977. The monoisotopic (exact) mass is 300 g/mol. The van der Waals surface area contributed by atoms with Crippen LogP contribution in [-0.2, 0) is 10.9 Å². The fraction of sp³-hybridized carbons (Fsp3) is 0.438. The largest absolute Gasteiger partial charge is 0.465 e. The molecule has 0 N–H and O–H groups in total. The summed E-state index contributed by atoms with van der Waals surface area (Å²) in [5.74, 6) is -0.775. The molecular formula is C16H19F3O2. The lowest BCUT2D eigenvalue weighted by Gasteiger charge is -2.16. The lowest BCUT2D eigenvalue weighted by atomic mass is 9.93. The number of carbonyl (C=O) groups excluding carboxylic acids is 1. The Morgan fingerprint density at radius 3 is 2.48 bits per heavy atom. The number of esters is 1. The minimum atomic E-state index is -4.51. The number of hydrogen-bond acceptors (Lipinski definition) is 2. The van der Waals surface area contributed by atoms with E-state index in [-0.39, 0.29) is 11.1 Å². The van der Waals surface area contributed by atoms with Gasteiger partial charge in [-0.3, -0.25) is 0 Å². The molecule has 0 bridgehead atoms. The van der Waals surface area contributed by atoms with Gasteiger partial charge in [0.2, 0.25) is 0 Å². The molecule has 2 nitrogen and oxygen atoms in total. The number of rotatable bonds is 5. The number of unbranched alkanes of at least 4 members (excludes halogenated alkanes) is 1. The maximum Gasteiger partial charge on any atom is 0.417 e. The molecule has 0 aliphatic heterocycles. The SMILES string of the molecule is C/C=C(\CCCC)c1ccc(C(=O)OC)cc1C(F)(F)F. The number of methoxy groups -OCH3 is 1. The van der Waals surface area contributed by atoms with Crippen molar-refractivity contribution in [1.29, 1.82) is 0 Å². The van der Waals surface area contributed by atoms with Gasteiger partial charge in [-0.05, 0) is 43.0 Å². The first-order chi connectivity index (χ1) is 9.85. The Morgan fingerprint density at radius 1 is 1.33 bits per heavy atom. The van der Waals surface area contributed by atoms with E-state index in [2.05, 4.69) is 4.74 Å². The highest BCUT2D eigenvalue weighted by Gasteiger charge is 2.34. The lowest BCUT2D eigenvalue weighted by molar-refractivity contribution is -0.137. The molecule has 0 saturated carbocycles. The Hall–Kier alpha value is -1.78. The van der Waals surface area contributed by atoms with Gasteiger partial charge in [0.1, 0.15) is 0 Å². The van der Waals surface area contributed by atoms with Crippen molar-refractivity contribution in [3.8, 4) is 0 Å². The van der Waals surface area contributed by atoms with Crippen molar-refractivity contribution in [2.75, 3.05) is 7.11 Å². The molecule has 0 unspecified atom stereocenters. The van der Waals surface area contributed by atoms with E-state index in [1.54, 1.807) is 13.0 Å². The predicted molar refractivity (Wildman–Crippen MR) is 76.0 cm³/mol. The Morgan fingerprint density at radius 2 is 2.00 bits per heavy atom. The van der Waals surface area contributed by atoms with Crippen LogP contribution in [0.15, 0.2) is 24.3 Å². The Bertz CT molecular complexity index is 531. The average molecular weight is 300 g/mol. The van der Waals surface area contributed by atoms with Crippen molar-refractivity contribution in [1.82, 2.24) is 0 Å². The fourth-order valence-corrected chi connectivity index (χ4v) is 2.11. The van der Waals surface area contributed by atoms with E-state index in [9.17, 15) is 18.0 Å². The highest BCUT2D eigenvalue weighted by Crippen LogP contribution is 2.37. The summed E-state index contributed by atoms with van der Waals surface area (Å²) in [6.07, 6.45) is -0.528.